The maximum atomic E-state index is 5.50. The summed E-state index contributed by atoms with van der Waals surface area (Å²) in [7, 11) is 1.62. The molecule has 66 valence electrons. The van der Waals surface area contributed by atoms with Gasteiger partial charge in [-0.05, 0) is 6.92 Å². The number of rotatable bonds is 3. The van der Waals surface area contributed by atoms with Crippen molar-refractivity contribution in [2.45, 2.75) is 13.5 Å². The maximum Gasteiger partial charge on any atom is 0.116 e. The topological polar surface area (TPSA) is 48.1 Å². The number of thiocarbonyl (C=S) groups is 1. The summed E-state index contributed by atoms with van der Waals surface area (Å²) in [6.45, 7) is 2.39. The molecule has 5 heteroatoms. The fraction of sp³-hybridized carbons (Fsp3) is 0.429. The molecular weight excluding hydrogens is 192 g/mol. The second-order valence-electron chi connectivity index (χ2n) is 2.31. The van der Waals surface area contributed by atoms with Crippen LogP contribution in [0.1, 0.15) is 15.6 Å². The van der Waals surface area contributed by atoms with E-state index in [4.69, 9.17) is 22.7 Å². The van der Waals surface area contributed by atoms with Crippen LogP contribution < -0.4 is 5.73 Å². The Morgan fingerprint density at radius 2 is 2.42 bits per heavy atom. The zero-order valence-corrected chi connectivity index (χ0v) is 8.59. The van der Waals surface area contributed by atoms with Gasteiger partial charge in [-0.15, -0.1) is 11.3 Å². The van der Waals surface area contributed by atoms with Crippen molar-refractivity contribution in [3.05, 3.63) is 15.6 Å². The minimum absolute atomic E-state index is 0.396. The number of methoxy groups -OCH3 is 1. The highest BCUT2D eigenvalue weighted by atomic mass is 32.1. The molecule has 0 amide bonds. The fourth-order valence-electron chi connectivity index (χ4n) is 0.897. The predicted molar refractivity (Wildman–Crippen MR) is 53.5 cm³/mol. The molecule has 1 heterocycles. The van der Waals surface area contributed by atoms with Crippen molar-refractivity contribution in [3.63, 3.8) is 0 Å². The van der Waals surface area contributed by atoms with Crippen molar-refractivity contribution >= 4 is 28.5 Å². The lowest BCUT2D eigenvalue weighted by Gasteiger charge is -1.97. The van der Waals surface area contributed by atoms with Gasteiger partial charge >= 0.3 is 0 Å². The van der Waals surface area contributed by atoms with E-state index in [1.807, 2.05) is 6.92 Å². The molecule has 12 heavy (non-hydrogen) atoms. The Kier molecular flexibility index (Phi) is 3.13. The van der Waals surface area contributed by atoms with Gasteiger partial charge in [0.2, 0.25) is 0 Å². The van der Waals surface area contributed by atoms with Crippen molar-refractivity contribution < 1.29 is 4.74 Å². The van der Waals surface area contributed by atoms with E-state index in [1.165, 1.54) is 11.3 Å². The van der Waals surface area contributed by atoms with Crippen LogP contribution in [0.3, 0.4) is 0 Å². The summed E-state index contributed by atoms with van der Waals surface area (Å²) >= 11 is 6.37. The second-order valence-corrected chi connectivity index (χ2v) is 3.95. The minimum Gasteiger partial charge on any atom is -0.389 e. The first-order valence-corrected chi connectivity index (χ1v) is 4.62. The lowest BCUT2D eigenvalue weighted by Crippen LogP contribution is -2.10. The first-order valence-electron chi connectivity index (χ1n) is 3.40. The zero-order valence-electron chi connectivity index (χ0n) is 6.96. The summed E-state index contributed by atoms with van der Waals surface area (Å²) in [5.74, 6) is 0. The van der Waals surface area contributed by atoms with Gasteiger partial charge in [0, 0.05) is 7.11 Å². The molecule has 1 rings (SSSR count). The van der Waals surface area contributed by atoms with Gasteiger partial charge in [0.15, 0.2) is 0 Å². The first kappa shape index (κ1) is 9.57. The normalized spacial score (nSPS) is 10.2. The molecule has 0 aliphatic carbocycles. The lowest BCUT2D eigenvalue weighted by molar-refractivity contribution is 0.182. The van der Waals surface area contributed by atoms with Crippen LogP contribution in [0.25, 0.3) is 0 Å². The molecule has 0 atom stereocenters. The first-order chi connectivity index (χ1) is 5.65. The van der Waals surface area contributed by atoms with Crippen LogP contribution in [0.5, 0.6) is 0 Å². The fourth-order valence-corrected chi connectivity index (χ4v) is 1.91. The van der Waals surface area contributed by atoms with Gasteiger partial charge in [0.25, 0.3) is 0 Å². The highest BCUT2D eigenvalue weighted by molar-refractivity contribution is 7.81. The average molecular weight is 202 g/mol. The van der Waals surface area contributed by atoms with Gasteiger partial charge < -0.3 is 10.5 Å². The lowest BCUT2D eigenvalue weighted by atomic mass is 10.4. The monoisotopic (exact) mass is 202 g/mol. The average Bonchev–Trinajstić information content (AvgIpc) is 2.32. The third-order valence-electron chi connectivity index (χ3n) is 1.31. The Hall–Kier alpha value is -0.520. The predicted octanol–water partition coefficient (Wildman–Crippen LogP) is 1.23. The molecule has 2 N–H and O–H groups in total. The third kappa shape index (κ3) is 2.00. The van der Waals surface area contributed by atoms with Crippen molar-refractivity contribution in [1.82, 2.24) is 4.98 Å². The molecule has 0 bridgehead atoms. The quantitative estimate of drug-likeness (QED) is 0.749. The summed E-state index contributed by atoms with van der Waals surface area (Å²) in [6.07, 6.45) is 0. The standard InChI is InChI=1S/C7H10N2OS2/c1-4-9-5(3-10-2)6(12-4)7(8)11/h3H2,1-2H3,(H2,8,11). The van der Waals surface area contributed by atoms with E-state index in [9.17, 15) is 0 Å². The molecule has 0 radical (unpaired) electrons. The van der Waals surface area contributed by atoms with E-state index < -0.39 is 0 Å². The van der Waals surface area contributed by atoms with E-state index in [2.05, 4.69) is 4.98 Å². The smallest absolute Gasteiger partial charge is 0.116 e. The molecule has 1 aromatic heterocycles. The number of nitrogens with two attached hydrogens (primary N) is 1. The van der Waals surface area contributed by atoms with E-state index in [0.29, 0.717) is 11.6 Å². The van der Waals surface area contributed by atoms with Crippen LogP contribution in [0.4, 0.5) is 0 Å². The Labute approximate surface area is 80.6 Å². The van der Waals surface area contributed by atoms with Crippen LogP contribution in [-0.4, -0.2) is 17.1 Å². The van der Waals surface area contributed by atoms with Gasteiger partial charge in [0.1, 0.15) is 4.99 Å². The molecule has 0 spiro atoms. The molecule has 0 fully saturated rings. The SMILES string of the molecule is COCc1nc(C)sc1C(N)=S. The van der Waals surface area contributed by atoms with Crippen LogP contribution >= 0.6 is 23.6 Å². The molecule has 0 saturated carbocycles. The number of aromatic nitrogens is 1. The van der Waals surface area contributed by atoms with Crippen LogP contribution in [0.15, 0.2) is 0 Å². The molecule has 0 saturated heterocycles. The number of thiazole rings is 1. The minimum atomic E-state index is 0.396. The Morgan fingerprint density at radius 1 is 1.75 bits per heavy atom. The van der Waals surface area contributed by atoms with E-state index >= 15 is 0 Å². The second kappa shape index (κ2) is 3.93. The maximum absolute atomic E-state index is 5.50. The highest BCUT2D eigenvalue weighted by Gasteiger charge is 2.10. The van der Waals surface area contributed by atoms with Crippen LogP contribution in [-0.2, 0) is 11.3 Å². The zero-order chi connectivity index (χ0) is 9.14. The molecule has 3 nitrogen and oxygen atoms in total. The number of ether oxygens (including phenoxy) is 1. The Morgan fingerprint density at radius 3 is 2.92 bits per heavy atom. The number of hydrogen-bond donors (Lipinski definition) is 1. The highest BCUT2D eigenvalue weighted by Crippen LogP contribution is 2.18. The van der Waals surface area contributed by atoms with E-state index in [0.717, 1.165) is 15.6 Å². The van der Waals surface area contributed by atoms with E-state index in [-0.39, 0.29) is 0 Å². The molecule has 0 aromatic carbocycles. The van der Waals surface area contributed by atoms with Crippen molar-refractivity contribution in [2.75, 3.05) is 7.11 Å². The molecular formula is C7H10N2OS2. The summed E-state index contributed by atoms with van der Waals surface area (Å²) < 4.78 is 4.96. The van der Waals surface area contributed by atoms with Crippen molar-refractivity contribution in [2.24, 2.45) is 5.73 Å². The van der Waals surface area contributed by atoms with Crippen molar-refractivity contribution in [3.8, 4) is 0 Å². The summed E-state index contributed by atoms with van der Waals surface area (Å²) in [5.41, 5.74) is 6.34. The summed E-state index contributed by atoms with van der Waals surface area (Å²) in [5, 5.41) is 0.963. The number of hydrogen-bond acceptors (Lipinski definition) is 4. The van der Waals surface area contributed by atoms with Crippen LogP contribution in [0.2, 0.25) is 0 Å². The van der Waals surface area contributed by atoms with Crippen molar-refractivity contribution in [1.29, 1.82) is 0 Å². The molecule has 0 aliphatic heterocycles. The van der Waals surface area contributed by atoms with Gasteiger partial charge in [-0.1, -0.05) is 12.2 Å². The summed E-state index contributed by atoms with van der Waals surface area (Å²) in [6, 6.07) is 0. The number of nitrogens with zero attached hydrogens (tertiary/aromatic N) is 1. The van der Waals surface area contributed by atoms with Crippen LogP contribution in [0, 0.1) is 6.92 Å². The Bertz CT molecular complexity index is 296. The molecule has 0 unspecified atom stereocenters. The molecule has 0 aliphatic rings. The Balaban J connectivity index is 2.99. The number of aryl methyl sites for hydroxylation is 1. The van der Waals surface area contributed by atoms with Gasteiger partial charge in [0.05, 0.1) is 22.2 Å². The van der Waals surface area contributed by atoms with Gasteiger partial charge in [-0.25, -0.2) is 4.98 Å². The van der Waals surface area contributed by atoms with E-state index in [1.54, 1.807) is 7.11 Å². The van der Waals surface area contributed by atoms with Gasteiger partial charge in [-0.2, -0.15) is 0 Å². The summed E-state index contributed by atoms with van der Waals surface area (Å²) in [4.78, 5) is 5.51. The molecule has 1 aromatic rings. The third-order valence-corrected chi connectivity index (χ3v) is 2.69. The largest absolute Gasteiger partial charge is 0.389 e. The van der Waals surface area contributed by atoms with Gasteiger partial charge in [-0.3, -0.25) is 0 Å².